The molecule has 0 aliphatic heterocycles. The van der Waals surface area contributed by atoms with Gasteiger partial charge in [-0.15, -0.1) is 0 Å². The van der Waals surface area contributed by atoms with E-state index in [2.05, 4.69) is 4.98 Å². The number of nitrogens with zero attached hydrogens (tertiary/aromatic N) is 1. The summed E-state index contributed by atoms with van der Waals surface area (Å²) < 4.78 is 5.25. The Morgan fingerprint density at radius 1 is 1.33 bits per heavy atom. The molecule has 2 aromatic rings. The van der Waals surface area contributed by atoms with Crippen molar-refractivity contribution in [2.75, 3.05) is 0 Å². The minimum Gasteiger partial charge on any atom is -0.439 e. The summed E-state index contributed by atoms with van der Waals surface area (Å²) in [5.41, 5.74) is 0.615. The normalized spacial score (nSPS) is 10.6. The van der Waals surface area contributed by atoms with Crippen molar-refractivity contribution < 1.29 is 9.52 Å². The van der Waals surface area contributed by atoms with Crippen LogP contribution >= 0.6 is 23.2 Å². The van der Waals surface area contributed by atoms with Gasteiger partial charge in [0.15, 0.2) is 0 Å². The first-order valence-electron chi connectivity index (χ1n) is 4.22. The van der Waals surface area contributed by atoms with Crippen molar-refractivity contribution >= 4 is 23.2 Å². The molecule has 78 valence electrons. The van der Waals surface area contributed by atoms with E-state index >= 15 is 0 Å². The van der Waals surface area contributed by atoms with Gasteiger partial charge in [0.1, 0.15) is 12.4 Å². The van der Waals surface area contributed by atoms with Gasteiger partial charge in [0.05, 0.1) is 21.8 Å². The number of aromatic nitrogens is 1. The first-order chi connectivity index (χ1) is 7.22. The van der Waals surface area contributed by atoms with Crippen LogP contribution in [0.25, 0.3) is 11.5 Å². The van der Waals surface area contributed by atoms with Crippen LogP contribution in [0.2, 0.25) is 10.0 Å². The van der Waals surface area contributed by atoms with Crippen LogP contribution < -0.4 is 0 Å². The summed E-state index contributed by atoms with van der Waals surface area (Å²) in [7, 11) is 0. The van der Waals surface area contributed by atoms with Gasteiger partial charge in [-0.2, -0.15) is 0 Å². The molecule has 1 N–H and O–H groups in total. The molecule has 0 unspecified atom stereocenters. The van der Waals surface area contributed by atoms with Crippen molar-refractivity contribution in [3.05, 3.63) is 40.2 Å². The second kappa shape index (κ2) is 4.23. The number of halogens is 2. The van der Waals surface area contributed by atoms with Gasteiger partial charge in [-0.3, -0.25) is 0 Å². The lowest BCUT2D eigenvalue weighted by Crippen LogP contribution is -1.79. The third kappa shape index (κ3) is 2.00. The smallest absolute Gasteiger partial charge is 0.227 e. The maximum absolute atomic E-state index is 8.83. The molecule has 0 saturated carbocycles. The van der Waals surface area contributed by atoms with Crippen molar-refractivity contribution in [3.63, 3.8) is 0 Å². The minimum atomic E-state index is -0.189. The molecule has 2 rings (SSSR count). The van der Waals surface area contributed by atoms with Gasteiger partial charge in [0.25, 0.3) is 0 Å². The molecule has 0 spiro atoms. The number of aliphatic hydroxyl groups excluding tert-OH is 1. The Kier molecular flexibility index (Phi) is 2.95. The highest BCUT2D eigenvalue weighted by molar-refractivity contribution is 6.43. The maximum Gasteiger partial charge on any atom is 0.227 e. The Bertz CT molecular complexity index is 482. The predicted octanol–water partition coefficient (Wildman–Crippen LogP) is 3.14. The molecule has 0 fully saturated rings. The number of oxazole rings is 1. The van der Waals surface area contributed by atoms with Crippen molar-refractivity contribution in [2.45, 2.75) is 6.61 Å². The Hall–Kier alpha value is -1.03. The summed E-state index contributed by atoms with van der Waals surface area (Å²) in [5, 5.41) is 9.67. The lowest BCUT2D eigenvalue weighted by atomic mass is 10.2. The van der Waals surface area contributed by atoms with E-state index in [9.17, 15) is 0 Å². The molecule has 0 atom stereocenters. The third-order valence-corrected chi connectivity index (χ3v) is 2.71. The van der Waals surface area contributed by atoms with Gasteiger partial charge in [-0.25, -0.2) is 4.98 Å². The SMILES string of the molecule is OCc1cnc(-c2cccc(Cl)c2Cl)o1. The summed E-state index contributed by atoms with van der Waals surface area (Å²) in [6.07, 6.45) is 1.45. The van der Waals surface area contributed by atoms with E-state index in [1.54, 1.807) is 18.2 Å². The van der Waals surface area contributed by atoms with Gasteiger partial charge < -0.3 is 9.52 Å². The predicted molar refractivity (Wildman–Crippen MR) is 57.9 cm³/mol. The van der Waals surface area contributed by atoms with Gasteiger partial charge in [0, 0.05) is 0 Å². The monoisotopic (exact) mass is 243 g/mol. The number of benzene rings is 1. The molecule has 0 aliphatic carbocycles. The number of hydrogen-bond donors (Lipinski definition) is 1. The Labute approximate surface area is 96.3 Å². The fourth-order valence-electron chi connectivity index (χ4n) is 1.17. The van der Waals surface area contributed by atoms with Crippen LogP contribution in [0.3, 0.4) is 0 Å². The molecule has 3 nitrogen and oxygen atoms in total. The van der Waals surface area contributed by atoms with E-state index in [0.29, 0.717) is 27.3 Å². The van der Waals surface area contributed by atoms with E-state index in [-0.39, 0.29) is 6.61 Å². The van der Waals surface area contributed by atoms with Gasteiger partial charge in [-0.05, 0) is 12.1 Å². The average Bonchev–Trinajstić information content (AvgIpc) is 2.70. The zero-order valence-electron chi connectivity index (χ0n) is 7.58. The fourth-order valence-corrected chi connectivity index (χ4v) is 1.56. The molecule has 0 bridgehead atoms. The molecule has 0 saturated heterocycles. The zero-order chi connectivity index (χ0) is 10.8. The molecule has 5 heteroatoms. The lowest BCUT2D eigenvalue weighted by Gasteiger charge is -2.00. The fraction of sp³-hybridized carbons (Fsp3) is 0.100. The first kappa shape index (κ1) is 10.5. The number of aliphatic hydroxyl groups is 1. The first-order valence-corrected chi connectivity index (χ1v) is 4.98. The van der Waals surface area contributed by atoms with E-state index < -0.39 is 0 Å². The lowest BCUT2D eigenvalue weighted by molar-refractivity contribution is 0.248. The minimum absolute atomic E-state index is 0.189. The van der Waals surface area contributed by atoms with Gasteiger partial charge in [0.2, 0.25) is 5.89 Å². The molecule has 15 heavy (non-hydrogen) atoms. The summed E-state index contributed by atoms with van der Waals surface area (Å²) in [5.74, 6) is 0.743. The second-order valence-electron chi connectivity index (χ2n) is 2.89. The molecular weight excluding hydrogens is 237 g/mol. The van der Waals surface area contributed by atoms with E-state index in [0.717, 1.165) is 0 Å². The molecule has 1 aromatic heterocycles. The zero-order valence-corrected chi connectivity index (χ0v) is 9.09. The van der Waals surface area contributed by atoms with E-state index in [1.807, 2.05) is 0 Å². The topological polar surface area (TPSA) is 46.3 Å². The molecule has 0 aliphatic rings. The Morgan fingerprint density at radius 3 is 2.80 bits per heavy atom. The Balaban J connectivity index is 2.49. The van der Waals surface area contributed by atoms with Crippen molar-refractivity contribution in [3.8, 4) is 11.5 Å². The van der Waals surface area contributed by atoms with Crippen LogP contribution in [0.4, 0.5) is 0 Å². The Morgan fingerprint density at radius 2 is 2.13 bits per heavy atom. The van der Waals surface area contributed by atoms with Crippen LogP contribution in [-0.4, -0.2) is 10.1 Å². The van der Waals surface area contributed by atoms with Crippen molar-refractivity contribution in [1.82, 2.24) is 4.98 Å². The largest absolute Gasteiger partial charge is 0.439 e. The van der Waals surface area contributed by atoms with Crippen LogP contribution in [-0.2, 0) is 6.61 Å². The number of rotatable bonds is 2. The van der Waals surface area contributed by atoms with E-state index in [4.69, 9.17) is 32.7 Å². The van der Waals surface area contributed by atoms with Crippen LogP contribution in [0.5, 0.6) is 0 Å². The molecular formula is C10H7Cl2NO2. The molecule has 0 radical (unpaired) electrons. The quantitative estimate of drug-likeness (QED) is 0.882. The maximum atomic E-state index is 8.83. The highest BCUT2D eigenvalue weighted by Crippen LogP contribution is 2.32. The van der Waals surface area contributed by atoms with E-state index in [1.165, 1.54) is 6.20 Å². The summed E-state index contributed by atoms with van der Waals surface area (Å²) in [4.78, 5) is 3.99. The van der Waals surface area contributed by atoms with Crippen LogP contribution in [0, 0.1) is 0 Å². The highest BCUT2D eigenvalue weighted by Gasteiger charge is 2.11. The average molecular weight is 244 g/mol. The van der Waals surface area contributed by atoms with Crippen LogP contribution in [0.1, 0.15) is 5.76 Å². The molecule has 1 aromatic carbocycles. The van der Waals surface area contributed by atoms with Crippen molar-refractivity contribution in [2.24, 2.45) is 0 Å². The van der Waals surface area contributed by atoms with Gasteiger partial charge >= 0.3 is 0 Å². The molecule has 1 heterocycles. The van der Waals surface area contributed by atoms with Crippen molar-refractivity contribution in [1.29, 1.82) is 0 Å². The standard InChI is InChI=1S/C10H7Cl2NO2/c11-8-3-1-2-7(9(8)12)10-13-4-6(5-14)15-10/h1-4,14H,5H2. The summed E-state index contributed by atoms with van der Waals surface area (Å²) in [6, 6.07) is 5.19. The number of hydrogen-bond acceptors (Lipinski definition) is 3. The summed E-state index contributed by atoms with van der Waals surface area (Å²) in [6.45, 7) is -0.189. The summed E-state index contributed by atoms with van der Waals surface area (Å²) >= 11 is 11.8. The highest BCUT2D eigenvalue weighted by atomic mass is 35.5. The van der Waals surface area contributed by atoms with Gasteiger partial charge in [-0.1, -0.05) is 29.3 Å². The third-order valence-electron chi connectivity index (χ3n) is 1.89. The van der Waals surface area contributed by atoms with Crippen LogP contribution in [0.15, 0.2) is 28.8 Å². The molecule has 0 amide bonds. The second-order valence-corrected chi connectivity index (χ2v) is 3.68.